The van der Waals surface area contributed by atoms with Crippen molar-refractivity contribution in [1.29, 1.82) is 0 Å². The van der Waals surface area contributed by atoms with Gasteiger partial charge in [0.25, 0.3) is 0 Å². The molecular weight excluding hydrogens is 318 g/mol. The quantitative estimate of drug-likeness (QED) is 0.454. The third-order valence-electron chi connectivity index (χ3n) is 5.09. The van der Waals surface area contributed by atoms with Crippen molar-refractivity contribution >= 4 is 21.8 Å². The van der Waals surface area contributed by atoms with Gasteiger partial charge in [-0.2, -0.15) is 0 Å². The first-order valence-corrected chi connectivity index (χ1v) is 10.0. The van der Waals surface area contributed by atoms with Gasteiger partial charge in [0.1, 0.15) is 5.75 Å². The minimum absolute atomic E-state index is 0.237. The number of rotatable bonds is 7. The molecule has 1 heterocycles. The van der Waals surface area contributed by atoms with Gasteiger partial charge in [-0.3, -0.25) is 0 Å². The van der Waals surface area contributed by atoms with Gasteiger partial charge in [-0.25, -0.2) is 0 Å². The molecule has 26 heavy (non-hydrogen) atoms. The molecule has 0 saturated heterocycles. The van der Waals surface area contributed by atoms with E-state index in [1.165, 1.54) is 65.0 Å². The molecule has 0 atom stereocenters. The highest BCUT2D eigenvalue weighted by atomic mass is 16.5. The van der Waals surface area contributed by atoms with E-state index in [9.17, 15) is 0 Å². The number of ether oxygens (including phenoxy) is 1. The van der Waals surface area contributed by atoms with E-state index in [-0.39, 0.29) is 5.41 Å². The van der Waals surface area contributed by atoms with Crippen LogP contribution in [0.1, 0.15) is 64.5 Å². The number of unbranched alkanes of at least 4 members (excludes halogenated alkanes) is 3. The number of aromatic nitrogens is 1. The van der Waals surface area contributed by atoms with E-state index < -0.39 is 0 Å². The predicted octanol–water partition coefficient (Wildman–Crippen LogP) is 7.04. The van der Waals surface area contributed by atoms with Crippen molar-refractivity contribution in [3.05, 3.63) is 41.5 Å². The average Bonchev–Trinajstić information content (AvgIpc) is 2.95. The molecule has 0 saturated carbocycles. The molecular formula is C24H33NO. The van der Waals surface area contributed by atoms with Gasteiger partial charge in [-0.1, -0.05) is 53.0 Å². The standard InChI is InChI=1S/C24H33NO/c1-6-7-8-9-10-17-11-12-21-20(13-17)23-18(16-24(2,3)4)14-19(26-5)15-22(23)25-21/h11-15,25H,6-10,16H2,1-5H3. The van der Waals surface area contributed by atoms with E-state index in [0.29, 0.717) is 0 Å². The highest BCUT2D eigenvalue weighted by Gasteiger charge is 2.17. The number of hydrogen-bond donors (Lipinski definition) is 1. The second-order valence-corrected chi connectivity index (χ2v) is 8.76. The summed E-state index contributed by atoms with van der Waals surface area (Å²) >= 11 is 0. The third kappa shape index (κ3) is 4.23. The number of nitrogens with one attached hydrogen (secondary N) is 1. The number of methoxy groups -OCH3 is 1. The number of aromatic amines is 1. The van der Waals surface area contributed by atoms with Crippen LogP contribution >= 0.6 is 0 Å². The zero-order valence-electron chi connectivity index (χ0n) is 17.0. The van der Waals surface area contributed by atoms with E-state index in [2.05, 4.69) is 63.0 Å². The van der Waals surface area contributed by atoms with Crippen molar-refractivity contribution in [3.8, 4) is 5.75 Å². The Morgan fingerprint density at radius 2 is 1.77 bits per heavy atom. The average molecular weight is 352 g/mol. The maximum Gasteiger partial charge on any atom is 0.121 e. The van der Waals surface area contributed by atoms with Crippen LogP contribution in [0.3, 0.4) is 0 Å². The predicted molar refractivity (Wildman–Crippen MR) is 113 cm³/mol. The van der Waals surface area contributed by atoms with Gasteiger partial charge in [0.05, 0.1) is 12.6 Å². The lowest BCUT2D eigenvalue weighted by atomic mass is 9.86. The summed E-state index contributed by atoms with van der Waals surface area (Å²) in [4.78, 5) is 3.60. The van der Waals surface area contributed by atoms with Gasteiger partial charge in [-0.15, -0.1) is 0 Å². The molecule has 0 aliphatic heterocycles. The number of hydrogen-bond acceptors (Lipinski definition) is 1. The first-order chi connectivity index (χ1) is 12.4. The Balaban J connectivity index is 2.05. The number of benzene rings is 2. The Morgan fingerprint density at radius 3 is 2.46 bits per heavy atom. The van der Waals surface area contributed by atoms with Crippen LogP contribution in [-0.2, 0) is 12.8 Å². The molecule has 3 aromatic rings. The van der Waals surface area contributed by atoms with Gasteiger partial charge in [0.15, 0.2) is 0 Å². The summed E-state index contributed by atoms with van der Waals surface area (Å²) in [6.07, 6.45) is 7.45. The minimum atomic E-state index is 0.237. The van der Waals surface area contributed by atoms with Crippen molar-refractivity contribution in [2.45, 2.75) is 66.2 Å². The fourth-order valence-corrected chi connectivity index (χ4v) is 3.88. The maximum absolute atomic E-state index is 5.55. The molecule has 140 valence electrons. The topological polar surface area (TPSA) is 25.0 Å². The highest BCUT2D eigenvalue weighted by molar-refractivity contribution is 6.09. The molecule has 0 aliphatic rings. The van der Waals surface area contributed by atoms with Crippen LogP contribution in [0.2, 0.25) is 0 Å². The van der Waals surface area contributed by atoms with Crippen LogP contribution < -0.4 is 4.74 Å². The highest BCUT2D eigenvalue weighted by Crippen LogP contribution is 2.35. The van der Waals surface area contributed by atoms with Crippen molar-refractivity contribution in [2.75, 3.05) is 7.11 Å². The van der Waals surface area contributed by atoms with Crippen molar-refractivity contribution in [1.82, 2.24) is 4.98 Å². The molecule has 2 heteroatoms. The number of fused-ring (bicyclic) bond motifs is 3. The second kappa shape index (κ2) is 7.73. The normalized spacial score (nSPS) is 12.2. The fourth-order valence-electron chi connectivity index (χ4n) is 3.88. The van der Waals surface area contributed by atoms with E-state index >= 15 is 0 Å². The van der Waals surface area contributed by atoms with Crippen LogP contribution in [0.15, 0.2) is 30.3 Å². The molecule has 2 aromatic carbocycles. The van der Waals surface area contributed by atoms with Gasteiger partial charge >= 0.3 is 0 Å². The lowest BCUT2D eigenvalue weighted by molar-refractivity contribution is 0.403. The van der Waals surface area contributed by atoms with Crippen LogP contribution in [0, 0.1) is 5.41 Å². The second-order valence-electron chi connectivity index (χ2n) is 8.76. The molecule has 0 aliphatic carbocycles. The molecule has 0 bridgehead atoms. The zero-order valence-corrected chi connectivity index (χ0v) is 17.0. The number of aryl methyl sites for hydroxylation is 1. The first-order valence-electron chi connectivity index (χ1n) is 10.0. The summed E-state index contributed by atoms with van der Waals surface area (Å²) in [5.41, 5.74) is 5.47. The summed E-state index contributed by atoms with van der Waals surface area (Å²) in [6, 6.07) is 11.3. The third-order valence-corrected chi connectivity index (χ3v) is 5.09. The SMILES string of the molecule is CCCCCCc1ccc2[nH]c3cc(OC)cc(CC(C)(C)C)c3c2c1. The fraction of sp³-hybridized carbons (Fsp3) is 0.500. The van der Waals surface area contributed by atoms with Gasteiger partial charge in [0.2, 0.25) is 0 Å². The maximum atomic E-state index is 5.55. The molecule has 2 nitrogen and oxygen atoms in total. The Hall–Kier alpha value is -1.96. The van der Waals surface area contributed by atoms with Crippen molar-refractivity contribution < 1.29 is 4.74 Å². The molecule has 0 fully saturated rings. The number of H-pyrrole nitrogens is 1. The minimum Gasteiger partial charge on any atom is -0.497 e. The van der Waals surface area contributed by atoms with E-state index in [1.54, 1.807) is 7.11 Å². The van der Waals surface area contributed by atoms with Crippen LogP contribution in [0.4, 0.5) is 0 Å². The molecule has 0 radical (unpaired) electrons. The van der Waals surface area contributed by atoms with Gasteiger partial charge in [0, 0.05) is 22.4 Å². The Morgan fingerprint density at radius 1 is 0.962 bits per heavy atom. The summed E-state index contributed by atoms with van der Waals surface area (Å²) in [5.74, 6) is 0.933. The van der Waals surface area contributed by atoms with Crippen LogP contribution in [0.25, 0.3) is 21.8 Å². The smallest absolute Gasteiger partial charge is 0.121 e. The molecule has 3 rings (SSSR count). The summed E-state index contributed by atoms with van der Waals surface area (Å²) in [5, 5.41) is 2.72. The Labute approximate surface area is 157 Å². The lowest BCUT2D eigenvalue weighted by Gasteiger charge is -2.19. The van der Waals surface area contributed by atoms with Crippen LogP contribution in [0.5, 0.6) is 5.75 Å². The Bertz CT molecular complexity index is 882. The van der Waals surface area contributed by atoms with Gasteiger partial charge in [-0.05, 0) is 54.0 Å². The van der Waals surface area contributed by atoms with E-state index in [1.807, 2.05) is 0 Å². The molecule has 1 N–H and O–H groups in total. The molecule has 1 aromatic heterocycles. The van der Waals surface area contributed by atoms with Crippen LogP contribution in [-0.4, -0.2) is 12.1 Å². The summed E-state index contributed by atoms with van der Waals surface area (Å²) in [7, 11) is 1.75. The lowest BCUT2D eigenvalue weighted by Crippen LogP contribution is -2.09. The van der Waals surface area contributed by atoms with E-state index in [4.69, 9.17) is 4.74 Å². The molecule has 0 unspecified atom stereocenters. The molecule has 0 amide bonds. The Kier molecular flexibility index (Phi) is 5.60. The largest absolute Gasteiger partial charge is 0.497 e. The van der Waals surface area contributed by atoms with Gasteiger partial charge < -0.3 is 9.72 Å². The van der Waals surface area contributed by atoms with Crippen molar-refractivity contribution in [3.63, 3.8) is 0 Å². The monoisotopic (exact) mass is 351 g/mol. The van der Waals surface area contributed by atoms with Crippen molar-refractivity contribution in [2.24, 2.45) is 5.41 Å². The summed E-state index contributed by atoms with van der Waals surface area (Å²) < 4.78 is 5.55. The molecule has 0 spiro atoms. The zero-order chi connectivity index (χ0) is 18.7. The summed E-state index contributed by atoms with van der Waals surface area (Å²) in [6.45, 7) is 9.16. The first kappa shape index (κ1) is 18.8. The van der Waals surface area contributed by atoms with E-state index in [0.717, 1.165) is 12.2 Å².